The van der Waals surface area contributed by atoms with Crippen LogP contribution < -0.4 is 5.73 Å². The molecule has 2 aromatic heterocycles. The van der Waals surface area contributed by atoms with Gasteiger partial charge < -0.3 is 20.8 Å². The quantitative estimate of drug-likeness (QED) is 0.426. The van der Waals surface area contributed by atoms with Crippen LogP contribution in [0.1, 0.15) is 11.4 Å². The molecule has 0 atom stereocenters. The minimum Gasteiger partial charge on any atom is -0.478 e. The summed E-state index contributed by atoms with van der Waals surface area (Å²) in [5.41, 5.74) is 7.60. The first-order valence-corrected chi connectivity index (χ1v) is 7.98. The fourth-order valence-electron chi connectivity index (χ4n) is 3.16. The zero-order valence-electron chi connectivity index (χ0n) is 13.6. The molecular formula is C20H15N3O3. The minimum absolute atomic E-state index is 0.0692. The Labute approximate surface area is 147 Å². The second-order valence-corrected chi connectivity index (χ2v) is 5.96. The van der Waals surface area contributed by atoms with Crippen LogP contribution in [0.3, 0.4) is 0 Å². The maximum Gasteiger partial charge on any atom is 0.338 e. The highest BCUT2D eigenvalue weighted by molar-refractivity contribution is 6.37. The van der Waals surface area contributed by atoms with E-state index in [1.807, 2.05) is 48.5 Å². The van der Waals surface area contributed by atoms with Gasteiger partial charge in [-0.1, -0.05) is 36.4 Å². The van der Waals surface area contributed by atoms with E-state index in [0.29, 0.717) is 11.4 Å². The molecule has 2 aromatic carbocycles. The van der Waals surface area contributed by atoms with Crippen molar-refractivity contribution in [3.8, 4) is 0 Å². The van der Waals surface area contributed by atoms with Crippen LogP contribution in [-0.4, -0.2) is 27.0 Å². The van der Waals surface area contributed by atoms with Gasteiger partial charge in [-0.3, -0.25) is 4.79 Å². The monoisotopic (exact) mass is 345 g/mol. The number of carbonyl (C=O) groups excluding carboxylic acids is 1. The van der Waals surface area contributed by atoms with Crippen molar-refractivity contribution in [1.29, 1.82) is 0 Å². The van der Waals surface area contributed by atoms with Crippen LogP contribution in [0.4, 0.5) is 0 Å². The fourth-order valence-corrected chi connectivity index (χ4v) is 3.16. The number of H-pyrrole nitrogens is 2. The highest BCUT2D eigenvalue weighted by Gasteiger charge is 2.25. The molecule has 6 heteroatoms. The van der Waals surface area contributed by atoms with E-state index >= 15 is 0 Å². The summed E-state index contributed by atoms with van der Waals surface area (Å²) in [5, 5.41) is 11.5. The predicted molar refractivity (Wildman–Crippen MR) is 100 cm³/mol. The Hall–Kier alpha value is -3.80. The summed E-state index contributed by atoms with van der Waals surface area (Å²) in [4.78, 5) is 30.3. The molecule has 0 aliphatic rings. The lowest BCUT2D eigenvalue weighted by Gasteiger charge is -2.07. The number of nitrogens with two attached hydrogens (primary N) is 1. The lowest BCUT2D eigenvalue weighted by molar-refractivity contribution is -0.130. The molecule has 0 saturated carbocycles. The molecule has 0 radical (unpaired) electrons. The number of benzene rings is 2. The Morgan fingerprint density at radius 3 is 1.65 bits per heavy atom. The topological polar surface area (TPSA) is 112 Å². The lowest BCUT2D eigenvalue weighted by atomic mass is 10.0. The minimum atomic E-state index is -1.23. The predicted octanol–water partition coefficient (Wildman–Crippen LogP) is 3.13. The van der Waals surface area contributed by atoms with E-state index in [1.54, 1.807) is 12.1 Å². The number of nitrogens with one attached hydrogen (secondary N) is 2. The average Bonchev–Trinajstić information content (AvgIpc) is 3.21. The number of carboxylic acids is 1. The van der Waals surface area contributed by atoms with Crippen molar-refractivity contribution < 1.29 is 14.7 Å². The Balaban J connectivity index is 2.01. The summed E-state index contributed by atoms with van der Waals surface area (Å²) in [6.07, 6.45) is 0. The van der Waals surface area contributed by atoms with E-state index in [-0.39, 0.29) is 11.1 Å². The summed E-state index contributed by atoms with van der Waals surface area (Å²) < 4.78 is 0. The van der Waals surface area contributed by atoms with Gasteiger partial charge in [-0.2, -0.15) is 0 Å². The molecule has 0 bridgehead atoms. The van der Waals surface area contributed by atoms with Crippen LogP contribution in [0.25, 0.3) is 33.0 Å². The van der Waals surface area contributed by atoms with Crippen LogP contribution in [-0.2, 0) is 9.59 Å². The van der Waals surface area contributed by atoms with Gasteiger partial charge in [0.25, 0.3) is 5.91 Å². The number of fused-ring (bicyclic) bond motifs is 2. The van der Waals surface area contributed by atoms with Crippen molar-refractivity contribution in [3.63, 3.8) is 0 Å². The maximum atomic E-state index is 12.2. The number of aromatic nitrogens is 2. The fraction of sp³-hybridized carbons (Fsp3) is 0. The summed E-state index contributed by atoms with van der Waals surface area (Å²) in [6, 6.07) is 18.3. The molecular weight excluding hydrogens is 330 g/mol. The van der Waals surface area contributed by atoms with Gasteiger partial charge in [0.2, 0.25) is 0 Å². The molecule has 0 saturated heterocycles. The largest absolute Gasteiger partial charge is 0.478 e. The van der Waals surface area contributed by atoms with E-state index in [2.05, 4.69) is 9.97 Å². The number of carbonyl (C=O) groups is 2. The first-order chi connectivity index (χ1) is 12.5. The Morgan fingerprint density at radius 2 is 1.23 bits per heavy atom. The Morgan fingerprint density at radius 1 is 0.769 bits per heavy atom. The Kier molecular flexibility index (Phi) is 3.58. The standard InChI is InChI=1S/C20H15N3O3/c21-19(24)17(15-9-11-5-1-3-7-13(11)22-15)18(20(25)26)16-10-12-6-2-4-8-14(12)23-16/h1-10,22-23H,(H2,21,24)(H,25,26)/b18-17-. The molecule has 4 aromatic rings. The smallest absolute Gasteiger partial charge is 0.338 e. The van der Waals surface area contributed by atoms with Crippen molar-refractivity contribution in [1.82, 2.24) is 9.97 Å². The van der Waals surface area contributed by atoms with Crippen LogP contribution in [0, 0.1) is 0 Å². The van der Waals surface area contributed by atoms with Gasteiger partial charge in [0, 0.05) is 21.8 Å². The number of aliphatic carboxylic acids is 1. The molecule has 5 N–H and O–H groups in total. The number of aromatic amines is 2. The van der Waals surface area contributed by atoms with E-state index in [9.17, 15) is 14.7 Å². The zero-order valence-corrected chi connectivity index (χ0v) is 13.6. The van der Waals surface area contributed by atoms with Gasteiger partial charge in [0.1, 0.15) is 0 Å². The second-order valence-electron chi connectivity index (χ2n) is 5.96. The molecule has 0 aliphatic heterocycles. The number of rotatable bonds is 4. The van der Waals surface area contributed by atoms with E-state index in [0.717, 1.165) is 21.8 Å². The Bertz CT molecular complexity index is 1040. The van der Waals surface area contributed by atoms with Gasteiger partial charge in [0.15, 0.2) is 0 Å². The normalized spacial score (nSPS) is 12.3. The van der Waals surface area contributed by atoms with Crippen molar-refractivity contribution in [2.45, 2.75) is 0 Å². The van der Waals surface area contributed by atoms with Gasteiger partial charge in [-0.25, -0.2) is 4.79 Å². The van der Waals surface area contributed by atoms with Crippen LogP contribution in [0.2, 0.25) is 0 Å². The van der Waals surface area contributed by atoms with Crippen LogP contribution >= 0.6 is 0 Å². The SMILES string of the molecule is NC(=O)/C(=C(\C(=O)O)c1cc2ccccc2[nH]1)c1cc2ccccc2[nH]1. The van der Waals surface area contributed by atoms with E-state index < -0.39 is 11.9 Å². The maximum absolute atomic E-state index is 12.2. The first-order valence-electron chi connectivity index (χ1n) is 7.98. The number of para-hydroxylation sites is 2. The van der Waals surface area contributed by atoms with Crippen molar-refractivity contribution in [2.24, 2.45) is 5.73 Å². The van der Waals surface area contributed by atoms with Gasteiger partial charge in [-0.05, 0) is 24.3 Å². The third-order valence-corrected chi connectivity index (χ3v) is 4.31. The van der Waals surface area contributed by atoms with E-state index in [4.69, 9.17) is 5.73 Å². The molecule has 2 heterocycles. The molecule has 0 spiro atoms. The summed E-state index contributed by atoms with van der Waals surface area (Å²) in [5.74, 6) is -2.04. The van der Waals surface area contributed by atoms with Crippen molar-refractivity contribution >= 4 is 44.8 Å². The molecule has 4 rings (SSSR count). The van der Waals surface area contributed by atoms with Crippen LogP contribution in [0.5, 0.6) is 0 Å². The molecule has 0 aliphatic carbocycles. The third kappa shape index (κ3) is 2.53. The molecule has 26 heavy (non-hydrogen) atoms. The van der Waals surface area contributed by atoms with Crippen molar-refractivity contribution in [2.75, 3.05) is 0 Å². The molecule has 0 unspecified atom stereocenters. The van der Waals surface area contributed by atoms with Gasteiger partial charge in [0.05, 0.1) is 22.5 Å². The molecule has 0 fully saturated rings. The number of amides is 1. The number of hydrogen-bond acceptors (Lipinski definition) is 2. The number of hydrogen-bond donors (Lipinski definition) is 4. The second kappa shape index (κ2) is 5.93. The highest BCUT2D eigenvalue weighted by atomic mass is 16.4. The van der Waals surface area contributed by atoms with Crippen molar-refractivity contribution in [3.05, 3.63) is 72.1 Å². The van der Waals surface area contributed by atoms with Gasteiger partial charge in [-0.15, -0.1) is 0 Å². The summed E-state index contributed by atoms with van der Waals surface area (Å²) in [7, 11) is 0. The molecule has 6 nitrogen and oxygen atoms in total. The first kappa shape index (κ1) is 15.7. The molecule has 128 valence electrons. The lowest BCUT2D eigenvalue weighted by Crippen LogP contribution is -2.18. The average molecular weight is 345 g/mol. The van der Waals surface area contributed by atoms with E-state index in [1.165, 1.54) is 0 Å². The van der Waals surface area contributed by atoms with Gasteiger partial charge >= 0.3 is 5.97 Å². The third-order valence-electron chi connectivity index (χ3n) is 4.31. The zero-order chi connectivity index (χ0) is 18.3. The highest BCUT2D eigenvalue weighted by Crippen LogP contribution is 2.30. The summed E-state index contributed by atoms with van der Waals surface area (Å²) in [6.45, 7) is 0. The summed E-state index contributed by atoms with van der Waals surface area (Å²) >= 11 is 0. The van der Waals surface area contributed by atoms with Crippen LogP contribution in [0.15, 0.2) is 60.7 Å². The number of carboxylic acid groups (broad SMARTS) is 1. The number of primary amides is 1. The molecule has 1 amide bonds.